The number of aromatic nitrogens is 1. The quantitative estimate of drug-likeness (QED) is 0.483. The lowest BCUT2D eigenvalue weighted by Crippen LogP contribution is -2.35. The zero-order chi connectivity index (χ0) is 22.5. The van der Waals surface area contributed by atoms with Gasteiger partial charge in [-0.25, -0.2) is 4.98 Å². The van der Waals surface area contributed by atoms with Gasteiger partial charge in [-0.05, 0) is 68.9 Å². The molecule has 7 heteroatoms. The Bertz CT molecular complexity index is 1100. The molecule has 1 amide bonds. The summed E-state index contributed by atoms with van der Waals surface area (Å²) < 4.78 is 11.7. The van der Waals surface area contributed by atoms with Crippen LogP contribution in [0.4, 0.5) is 5.13 Å². The summed E-state index contributed by atoms with van der Waals surface area (Å²) in [5.74, 6) is 1.17. The number of aryl methyl sites for hydroxylation is 2. The van der Waals surface area contributed by atoms with E-state index in [-0.39, 0.29) is 5.91 Å². The highest BCUT2D eigenvalue weighted by Gasteiger charge is 2.19. The Labute approximate surface area is 187 Å². The molecular weight excluding hydrogens is 410 g/mol. The Morgan fingerprint density at radius 3 is 2.48 bits per heavy atom. The van der Waals surface area contributed by atoms with Crippen molar-refractivity contribution in [3.05, 3.63) is 53.1 Å². The zero-order valence-electron chi connectivity index (χ0n) is 18.9. The third kappa shape index (κ3) is 5.42. The van der Waals surface area contributed by atoms with E-state index < -0.39 is 0 Å². The van der Waals surface area contributed by atoms with Crippen LogP contribution in [0.15, 0.2) is 36.4 Å². The van der Waals surface area contributed by atoms with Crippen LogP contribution in [0.1, 0.15) is 16.7 Å². The van der Waals surface area contributed by atoms with Gasteiger partial charge in [-0.3, -0.25) is 9.69 Å². The molecule has 6 nitrogen and oxygen atoms in total. The Balaban J connectivity index is 1.90. The summed E-state index contributed by atoms with van der Waals surface area (Å²) in [5, 5.41) is 0.715. The zero-order valence-corrected chi connectivity index (χ0v) is 19.7. The molecule has 0 aliphatic carbocycles. The number of fused-ring (bicyclic) bond motifs is 1. The lowest BCUT2D eigenvalue weighted by Gasteiger charge is -2.20. The van der Waals surface area contributed by atoms with E-state index >= 15 is 0 Å². The molecule has 0 bridgehead atoms. The number of hydrogen-bond acceptors (Lipinski definition) is 6. The molecule has 1 aromatic heterocycles. The maximum absolute atomic E-state index is 13.2. The van der Waals surface area contributed by atoms with Gasteiger partial charge in [0, 0.05) is 19.2 Å². The number of carbonyl (C=O) groups is 1. The van der Waals surface area contributed by atoms with Crippen molar-refractivity contribution in [2.45, 2.75) is 13.8 Å². The second-order valence-electron chi connectivity index (χ2n) is 7.67. The first-order valence-corrected chi connectivity index (χ1v) is 10.9. The van der Waals surface area contributed by atoms with E-state index in [1.807, 2.05) is 32.3 Å². The number of rotatable bonds is 8. The van der Waals surface area contributed by atoms with Gasteiger partial charge in [-0.15, -0.1) is 0 Å². The minimum absolute atomic E-state index is 0.106. The molecule has 0 aliphatic rings. The van der Waals surface area contributed by atoms with Gasteiger partial charge in [-0.1, -0.05) is 23.5 Å². The molecule has 1 heterocycles. The number of likely N-dealkylation sites (N-methyl/N-ethyl adjacent to an activating group) is 1. The Kier molecular flexibility index (Phi) is 7.30. The first-order valence-electron chi connectivity index (χ1n) is 10.1. The molecule has 0 atom stereocenters. The first kappa shape index (κ1) is 22.8. The first-order chi connectivity index (χ1) is 14.8. The molecule has 0 spiro atoms. The standard InChI is InChI=1S/C24H29N3O3S/c1-16-13-17(2)23-19(14-16)25-24(31-23)27(12-11-26(3)4)22(28)10-8-18-7-9-20(29-5)21(15-18)30-6/h7-10,13-15H,11-12H2,1-6H3/b10-8+. The Morgan fingerprint density at radius 1 is 1.06 bits per heavy atom. The van der Waals surface area contributed by atoms with E-state index in [0.717, 1.165) is 22.3 Å². The molecule has 0 saturated carbocycles. The van der Waals surface area contributed by atoms with Crippen LogP contribution in [0.3, 0.4) is 0 Å². The highest BCUT2D eigenvalue weighted by atomic mass is 32.1. The van der Waals surface area contributed by atoms with Crippen molar-refractivity contribution in [1.82, 2.24) is 9.88 Å². The fourth-order valence-electron chi connectivity index (χ4n) is 3.29. The van der Waals surface area contributed by atoms with Gasteiger partial charge in [0.1, 0.15) is 0 Å². The van der Waals surface area contributed by atoms with Gasteiger partial charge >= 0.3 is 0 Å². The lowest BCUT2D eigenvalue weighted by atomic mass is 10.1. The highest BCUT2D eigenvalue weighted by Crippen LogP contribution is 2.32. The average Bonchev–Trinajstić information content (AvgIpc) is 3.15. The van der Waals surface area contributed by atoms with E-state index in [2.05, 4.69) is 30.9 Å². The maximum Gasteiger partial charge on any atom is 0.252 e. The topological polar surface area (TPSA) is 54.9 Å². The lowest BCUT2D eigenvalue weighted by molar-refractivity contribution is -0.114. The monoisotopic (exact) mass is 439 g/mol. The van der Waals surface area contributed by atoms with Crippen molar-refractivity contribution in [3.63, 3.8) is 0 Å². The van der Waals surface area contributed by atoms with Gasteiger partial charge in [0.2, 0.25) is 0 Å². The molecule has 0 aliphatic heterocycles. The smallest absolute Gasteiger partial charge is 0.252 e. The second-order valence-corrected chi connectivity index (χ2v) is 8.64. The number of methoxy groups -OCH3 is 2. The molecule has 0 N–H and O–H groups in total. The summed E-state index contributed by atoms with van der Waals surface area (Å²) in [6.45, 7) is 5.44. The Hall–Kier alpha value is -2.90. The van der Waals surface area contributed by atoms with Crippen LogP contribution in [-0.4, -0.2) is 57.2 Å². The fourth-order valence-corrected chi connectivity index (χ4v) is 4.34. The van der Waals surface area contributed by atoms with Gasteiger partial charge < -0.3 is 14.4 Å². The highest BCUT2D eigenvalue weighted by molar-refractivity contribution is 7.22. The van der Waals surface area contributed by atoms with Crippen LogP contribution in [-0.2, 0) is 4.79 Å². The third-order valence-electron chi connectivity index (χ3n) is 4.90. The van der Waals surface area contributed by atoms with Crippen molar-refractivity contribution in [2.75, 3.05) is 46.3 Å². The SMILES string of the molecule is COc1ccc(/C=C/C(=O)N(CCN(C)C)c2nc3cc(C)cc(C)c3s2)cc1OC. The maximum atomic E-state index is 13.2. The molecule has 2 aromatic carbocycles. The summed E-state index contributed by atoms with van der Waals surface area (Å²) in [6.07, 6.45) is 3.37. The van der Waals surface area contributed by atoms with Crippen LogP contribution in [0.5, 0.6) is 11.5 Å². The summed E-state index contributed by atoms with van der Waals surface area (Å²) >= 11 is 1.56. The number of benzene rings is 2. The van der Waals surface area contributed by atoms with Gasteiger partial charge in [0.15, 0.2) is 16.6 Å². The van der Waals surface area contributed by atoms with Crippen LogP contribution in [0.25, 0.3) is 16.3 Å². The summed E-state index contributed by atoms with van der Waals surface area (Å²) in [6, 6.07) is 9.77. The molecule has 3 rings (SSSR count). The second kappa shape index (κ2) is 9.94. The van der Waals surface area contributed by atoms with Gasteiger partial charge in [0.05, 0.1) is 24.4 Å². The predicted molar refractivity (Wildman–Crippen MR) is 129 cm³/mol. The normalized spacial score (nSPS) is 11.5. The number of amides is 1. The van der Waals surface area contributed by atoms with E-state index in [1.54, 1.807) is 42.6 Å². The summed E-state index contributed by atoms with van der Waals surface area (Å²) in [7, 11) is 7.18. The molecule has 0 unspecified atom stereocenters. The van der Waals surface area contributed by atoms with Crippen LogP contribution in [0, 0.1) is 13.8 Å². The number of carbonyl (C=O) groups excluding carboxylic acids is 1. The van der Waals surface area contributed by atoms with Crippen LogP contribution < -0.4 is 14.4 Å². The average molecular weight is 440 g/mol. The number of anilines is 1. The van der Waals surface area contributed by atoms with Crippen molar-refractivity contribution >= 4 is 38.7 Å². The van der Waals surface area contributed by atoms with Crippen LogP contribution in [0.2, 0.25) is 0 Å². The molecule has 0 saturated heterocycles. The van der Waals surface area contributed by atoms with E-state index in [4.69, 9.17) is 14.5 Å². The van der Waals surface area contributed by atoms with Crippen molar-refractivity contribution in [3.8, 4) is 11.5 Å². The molecule has 164 valence electrons. The third-order valence-corrected chi connectivity index (χ3v) is 6.13. The minimum Gasteiger partial charge on any atom is -0.493 e. The Morgan fingerprint density at radius 2 is 1.81 bits per heavy atom. The molecule has 0 radical (unpaired) electrons. The molecule has 0 fully saturated rings. The van der Waals surface area contributed by atoms with E-state index in [9.17, 15) is 4.79 Å². The number of ether oxygens (including phenoxy) is 2. The minimum atomic E-state index is -0.106. The van der Waals surface area contributed by atoms with Crippen LogP contribution >= 0.6 is 11.3 Å². The summed E-state index contributed by atoms with van der Waals surface area (Å²) in [4.78, 5) is 21.7. The van der Waals surface area contributed by atoms with E-state index in [0.29, 0.717) is 23.2 Å². The van der Waals surface area contributed by atoms with Crippen molar-refractivity contribution in [1.29, 1.82) is 0 Å². The largest absolute Gasteiger partial charge is 0.493 e. The predicted octanol–water partition coefficient (Wildman–Crippen LogP) is 4.54. The van der Waals surface area contributed by atoms with Gasteiger partial charge in [-0.2, -0.15) is 0 Å². The van der Waals surface area contributed by atoms with Crippen molar-refractivity contribution < 1.29 is 14.3 Å². The van der Waals surface area contributed by atoms with E-state index in [1.165, 1.54) is 11.1 Å². The molecular formula is C24H29N3O3S. The summed E-state index contributed by atoms with van der Waals surface area (Å²) in [5.41, 5.74) is 4.14. The molecule has 31 heavy (non-hydrogen) atoms. The van der Waals surface area contributed by atoms with Gasteiger partial charge in [0.25, 0.3) is 5.91 Å². The molecule has 3 aromatic rings. The number of hydrogen-bond donors (Lipinski definition) is 0. The number of thiazole rings is 1. The van der Waals surface area contributed by atoms with Crippen molar-refractivity contribution in [2.24, 2.45) is 0 Å². The number of nitrogens with zero attached hydrogens (tertiary/aromatic N) is 3. The fraction of sp³-hybridized carbons (Fsp3) is 0.333.